The minimum absolute atomic E-state index is 0.0900. The summed E-state index contributed by atoms with van der Waals surface area (Å²) in [5.41, 5.74) is 1.93. The second-order valence-corrected chi connectivity index (χ2v) is 5.70. The van der Waals surface area contributed by atoms with Crippen LogP contribution in [0.15, 0.2) is 18.2 Å². The average molecular weight is 276 g/mol. The van der Waals surface area contributed by atoms with Gasteiger partial charge >= 0.3 is 0 Å². The van der Waals surface area contributed by atoms with Crippen LogP contribution in [0.25, 0.3) is 0 Å². The van der Waals surface area contributed by atoms with E-state index in [4.69, 9.17) is 4.74 Å². The minimum Gasteiger partial charge on any atom is -0.482 e. The summed E-state index contributed by atoms with van der Waals surface area (Å²) >= 11 is 0. The largest absolute Gasteiger partial charge is 0.482 e. The van der Waals surface area contributed by atoms with E-state index < -0.39 is 0 Å². The molecule has 1 amide bonds. The molecule has 2 N–H and O–H groups in total. The lowest BCUT2D eigenvalue weighted by atomic mass is 10.0. The molecule has 4 nitrogen and oxygen atoms in total. The molecule has 4 heteroatoms. The summed E-state index contributed by atoms with van der Waals surface area (Å²) in [4.78, 5) is 11.3. The molecule has 110 valence electrons. The highest BCUT2D eigenvalue weighted by atomic mass is 16.5. The summed E-state index contributed by atoms with van der Waals surface area (Å²) in [7, 11) is 0. The van der Waals surface area contributed by atoms with Gasteiger partial charge in [0.1, 0.15) is 5.75 Å². The Morgan fingerprint density at radius 3 is 2.95 bits per heavy atom. The first-order valence-corrected chi connectivity index (χ1v) is 7.37. The van der Waals surface area contributed by atoms with E-state index in [0.717, 1.165) is 29.5 Å². The zero-order valence-electron chi connectivity index (χ0n) is 12.5. The van der Waals surface area contributed by atoms with Crippen molar-refractivity contribution in [2.75, 3.05) is 11.9 Å². The van der Waals surface area contributed by atoms with Crippen LogP contribution in [0.5, 0.6) is 5.75 Å². The highest BCUT2D eigenvalue weighted by Gasteiger charge is 2.16. The van der Waals surface area contributed by atoms with Crippen molar-refractivity contribution >= 4 is 11.6 Å². The standard InChI is InChI=1S/C16H24N2O2/c1-4-11(2)7-12(3)17-9-13-5-6-15-14(8-13)18-16(19)10-20-15/h5-6,8,11-12,17H,4,7,9-10H2,1-3H3,(H,18,19). The number of nitrogens with one attached hydrogen (secondary N) is 2. The Labute approximate surface area is 120 Å². The van der Waals surface area contributed by atoms with Gasteiger partial charge in [-0.3, -0.25) is 4.79 Å². The lowest BCUT2D eigenvalue weighted by molar-refractivity contribution is -0.118. The molecule has 1 aromatic rings. The van der Waals surface area contributed by atoms with E-state index in [1.807, 2.05) is 18.2 Å². The summed E-state index contributed by atoms with van der Waals surface area (Å²) in [6.07, 6.45) is 2.40. The average Bonchev–Trinajstić information content (AvgIpc) is 2.44. The molecule has 0 fully saturated rings. The van der Waals surface area contributed by atoms with Crippen LogP contribution < -0.4 is 15.4 Å². The first-order valence-electron chi connectivity index (χ1n) is 7.37. The molecule has 0 bridgehead atoms. The molecule has 0 radical (unpaired) electrons. The smallest absolute Gasteiger partial charge is 0.262 e. The predicted octanol–water partition coefficient (Wildman–Crippen LogP) is 2.93. The maximum absolute atomic E-state index is 11.3. The van der Waals surface area contributed by atoms with Gasteiger partial charge in [-0.25, -0.2) is 0 Å². The van der Waals surface area contributed by atoms with Gasteiger partial charge in [0.05, 0.1) is 5.69 Å². The molecule has 2 atom stereocenters. The van der Waals surface area contributed by atoms with Crippen molar-refractivity contribution in [3.8, 4) is 5.75 Å². The van der Waals surface area contributed by atoms with E-state index in [9.17, 15) is 4.79 Å². The van der Waals surface area contributed by atoms with E-state index in [1.54, 1.807) is 0 Å². The molecule has 1 aromatic carbocycles. The lowest BCUT2D eigenvalue weighted by Crippen LogP contribution is -2.28. The fourth-order valence-corrected chi connectivity index (χ4v) is 2.39. The lowest BCUT2D eigenvalue weighted by Gasteiger charge is -2.20. The van der Waals surface area contributed by atoms with Gasteiger partial charge in [0, 0.05) is 12.6 Å². The third kappa shape index (κ3) is 3.97. The van der Waals surface area contributed by atoms with Crippen molar-refractivity contribution in [1.29, 1.82) is 0 Å². The Balaban J connectivity index is 1.90. The number of ether oxygens (including phenoxy) is 1. The van der Waals surface area contributed by atoms with Gasteiger partial charge in [-0.15, -0.1) is 0 Å². The minimum atomic E-state index is -0.0900. The monoisotopic (exact) mass is 276 g/mol. The van der Waals surface area contributed by atoms with Crippen LogP contribution in [0, 0.1) is 5.92 Å². The molecule has 0 aromatic heterocycles. The van der Waals surface area contributed by atoms with Crippen LogP contribution in [-0.2, 0) is 11.3 Å². The van der Waals surface area contributed by atoms with Crippen molar-refractivity contribution in [2.45, 2.75) is 46.2 Å². The van der Waals surface area contributed by atoms with Gasteiger partial charge in [0.15, 0.2) is 6.61 Å². The van der Waals surface area contributed by atoms with Crippen LogP contribution in [0.1, 0.15) is 39.2 Å². The molecule has 20 heavy (non-hydrogen) atoms. The highest BCUT2D eigenvalue weighted by molar-refractivity contribution is 5.95. The summed E-state index contributed by atoms with van der Waals surface area (Å²) < 4.78 is 5.35. The molecule has 0 spiro atoms. The van der Waals surface area contributed by atoms with Crippen LogP contribution in [0.2, 0.25) is 0 Å². The van der Waals surface area contributed by atoms with Crippen molar-refractivity contribution in [1.82, 2.24) is 5.32 Å². The normalized spacial score (nSPS) is 16.9. The number of benzene rings is 1. The number of rotatable bonds is 6. The molecule has 1 aliphatic rings. The third-order valence-electron chi connectivity index (χ3n) is 3.78. The second kappa shape index (κ2) is 6.75. The third-order valence-corrected chi connectivity index (χ3v) is 3.78. The molecule has 0 saturated carbocycles. The molecule has 0 saturated heterocycles. The van der Waals surface area contributed by atoms with E-state index in [0.29, 0.717) is 6.04 Å². The quantitative estimate of drug-likeness (QED) is 0.840. The van der Waals surface area contributed by atoms with Crippen molar-refractivity contribution in [3.63, 3.8) is 0 Å². The van der Waals surface area contributed by atoms with Gasteiger partial charge in [0.2, 0.25) is 0 Å². The number of anilines is 1. The van der Waals surface area contributed by atoms with E-state index in [2.05, 4.69) is 31.4 Å². The van der Waals surface area contributed by atoms with Crippen LogP contribution in [-0.4, -0.2) is 18.6 Å². The maximum atomic E-state index is 11.3. The van der Waals surface area contributed by atoms with E-state index in [-0.39, 0.29) is 12.5 Å². The highest BCUT2D eigenvalue weighted by Crippen LogP contribution is 2.28. The Morgan fingerprint density at radius 2 is 2.20 bits per heavy atom. The zero-order valence-corrected chi connectivity index (χ0v) is 12.5. The van der Waals surface area contributed by atoms with Crippen LogP contribution in [0.3, 0.4) is 0 Å². The van der Waals surface area contributed by atoms with Gasteiger partial charge in [-0.05, 0) is 37.0 Å². The maximum Gasteiger partial charge on any atom is 0.262 e. The zero-order chi connectivity index (χ0) is 14.5. The molecule has 1 aliphatic heterocycles. The molecule has 0 aliphatic carbocycles. The fraction of sp³-hybridized carbons (Fsp3) is 0.562. The van der Waals surface area contributed by atoms with Crippen molar-refractivity contribution < 1.29 is 9.53 Å². The van der Waals surface area contributed by atoms with Crippen molar-refractivity contribution in [3.05, 3.63) is 23.8 Å². The van der Waals surface area contributed by atoms with Gasteiger partial charge in [-0.1, -0.05) is 26.3 Å². The predicted molar refractivity (Wildman–Crippen MR) is 80.9 cm³/mol. The molecule has 2 unspecified atom stereocenters. The summed E-state index contributed by atoms with van der Waals surface area (Å²) in [6.45, 7) is 7.64. The van der Waals surface area contributed by atoms with Gasteiger partial charge in [-0.2, -0.15) is 0 Å². The first kappa shape index (κ1) is 14.9. The summed E-state index contributed by atoms with van der Waals surface area (Å²) in [5.74, 6) is 1.41. The molecular weight excluding hydrogens is 252 g/mol. The number of hydrogen-bond acceptors (Lipinski definition) is 3. The number of fused-ring (bicyclic) bond motifs is 1. The number of hydrogen-bond donors (Lipinski definition) is 2. The SMILES string of the molecule is CCC(C)CC(C)NCc1ccc2c(c1)NC(=O)CO2. The van der Waals surface area contributed by atoms with Crippen molar-refractivity contribution in [2.24, 2.45) is 5.92 Å². The molecule has 2 rings (SSSR count). The topological polar surface area (TPSA) is 50.4 Å². The summed E-state index contributed by atoms with van der Waals surface area (Å²) in [6, 6.07) is 6.44. The van der Waals surface area contributed by atoms with Crippen LogP contribution >= 0.6 is 0 Å². The molecule has 1 heterocycles. The Bertz CT molecular complexity index is 474. The Morgan fingerprint density at radius 1 is 1.40 bits per heavy atom. The van der Waals surface area contributed by atoms with Gasteiger partial charge < -0.3 is 15.4 Å². The Hall–Kier alpha value is -1.55. The second-order valence-electron chi connectivity index (χ2n) is 5.70. The van der Waals surface area contributed by atoms with Crippen LogP contribution in [0.4, 0.5) is 5.69 Å². The number of amides is 1. The Kier molecular flexibility index (Phi) is 5.01. The summed E-state index contributed by atoms with van der Waals surface area (Å²) in [5, 5.41) is 6.37. The van der Waals surface area contributed by atoms with E-state index >= 15 is 0 Å². The number of carbonyl (C=O) groups is 1. The fourth-order valence-electron chi connectivity index (χ4n) is 2.39. The molecular formula is C16H24N2O2. The first-order chi connectivity index (χ1) is 9.58. The number of carbonyl (C=O) groups excluding carboxylic acids is 1. The van der Waals surface area contributed by atoms with Gasteiger partial charge in [0.25, 0.3) is 5.91 Å². The van der Waals surface area contributed by atoms with E-state index in [1.165, 1.54) is 12.8 Å².